The number of halogens is 2. The summed E-state index contributed by atoms with van der Waals surface area (Å²) in [7, 11) is 0. The highest BCUT2D eigenvalue weighted by Gasteiger charge is 2.21. The molecule has 108 valence electrons. The highest BCUT2D eigenvalue weighted by atomic mass is 127. The molecule has 0 aromatic heterocycles. The molecule has 2 aromatic carbocycles. The van der Waals surface area contributed by atoms with E-state index in [9.17, 15) is 19.3 Å². The number of ether oxygens (including phenoxy) is 1. The van der Waals surface area contributed by atoms with Crippen LogP contribution in [-0.2, 0) is 0 Å². The Morgan fingerprint density at radius 1 is 1.29 bits per heavy atom. The van der Waals surface area contributed by atoms with E-state index in [1.54, 1.807) is 6.07 Å². The van der Waals surface area contributed by atoms with Crippen molar-refractivity contribution < 1.29 is 24.0 Å². The van der Waals surface area contributed by atoms with Gasteiger partial charge in [-0.15, -0.1) is 0 Å². The van der Waals surface area contributed by atoms with E-state index in [4.69, 9.17) is 9.84 Å². The van der Waals surface area contributed by atoms with Crippen LogP contribution in [0, 0.1) is 19.5 Å². The van der Waals surface area contributed by atoms with Gasteiger partial charge in [-0.1, -0.05) is 6.07 Å². The Morgan fingerprint density at radius 3 is 2.62 bits per heavy atom. The van der Waals surface area contributed by atoms with E-state index in [-0.39, 0.29) is 17.2 Å². The van der Waals surface area contributed by atoms with Gasteiger partial charge in [0.2, 0.25) is 5.75 Å². The van der Waals surface area contributed by atoms with Gasteiger partial charge in [0.1, 0.15) is 17.1 Å². The van der Waals surface area contributed by atoms with Gasteiger partial charge >= 0.3 is 11.7 Å². The zero-order valence-electron chi connectivity index (χ0n) is 10.2. The number of benzene rings is 2. The lowest BCUT2D eigenvalue weighted by Crippen LogP contribution is -2.04. The minimum atomic E-state index is -1.52. The number of nitro benzene ring substituents is 1. The van der Waals surface area contributed by atoms with Gasteiger partial charge < -0.3 is 9.84 Å². The molecule has 8 heteroatoms. The normalized spacial score (nSPS) is 10.2. The molecule has 0 unspecified atom stereocenters. The summed E-state index contributed by atoms with van der Waals surface area (Å²) in [6.45, 7) is 0. The predicted octanol–water partition coefficient (Wildman–Crippen LogP) is 3.83. The summed E-state index contributed by atoms with van der Waals surface area (Å²) >= 11 is 1.90. The fourth-order valence-corrected chi connectivity index (χ4v) is 2.11. The highest BCUT2D eigenvalue weighted by molar-refractivity contribution is 14.1. The van der Waals surface area contributed by atoms with Gasteiger partial charge in [-0.05, 0) is 46.9 Å². The molecule has 1 N–H and O–H groups in total. The van der Waals surface area contributed by atoms with Crippen LogP contribution in [0.3, 0.4) is 0 Å². The van der Waals surface area contributed by atoms with Crippen LogP contribution in [0.2, 0.25) is 0 Å². The molecule has 0 aliphatic heterocycles. The van der Waals surface area contributed by atoms with E-state index < -0.39 is 22.3 Å². The fraction of sp³-hybridized carbons (Fsp3) is 0. The van der Waals surface area contributed by atoms with Crippen LogP contribution in [0.4, 0.5) is 10.1 Å². The first-order valence-corrected chi connectivity index (χ1v) is 6.61. The molecule has 2 rings (SSSR count). The van der Waals surface area contributed by atoms with E-state index in [0.717, 1.165) is 6.07 Å². The summed E-state index contributed by atoms with van der Waals surface area (Å²) in [6, 6.07) is 7.62. The number of hydrogen-bond acceptors (Lipinski definition) is 4. The molecule has 0 amide bonds. The molecule has 0 saturated heterocycles. The van der Waals surface area contributed by atoms with E-state index >= 15 is 0 Å². The van der Waals surface area contributed by atoms with Crippen molar-refractivity contribution in [3.05, 3.63) is 61.5 Å². The van der Waals surface area contributed by atoms with Crippen molar-refractivity contribution in [2.45, 2.75) is 0 Å². The smallest absolute Gasteiger partial charge is 0.342 e. The maximum Gasteiger partial charge on any atom is 0.342 e. The first-order chi connectivity index (χ1) is 9.90. The number of carbonyl (C=O) groups is 1. The van der Waals surface area contributed by atoms with E-state index in [2.05, 4.69) is 0 Å². The lowest BCUT2D eigenvalue weighted by molar-refractivity contribution is -0.385. The number of aromatic carboxylic acids is 1. The molecule has 0 atom stereocenters. The average Bonchev–Trinajstić information content (AvgIpc) is 2.40. The van der Waals surface area contributed by atoms with Crippen LogP contribution >= 0.6 is 22.6 Å². The predicted molar refractivity (Wildman–Crippen MR) is 79.2 cm³/mol. The van der Waals surface area contributed by atoms with Gasteiger partial charge in [-0.2, -0.15) is 0 Å². The third-order valence-corrected chi connectivity index (χ3v) is 3.20. The van der Waals surface area contributed by atoms with Crippen molar-refractivity contribution in [2.24, 2.45) is 0 Å². The summed E-state index contributed by atoms with van der Waals surface area (Å²) in [5, 5.41) is 20.0. The number of nitrogens with zero attached hydrogens (tertiary/aromatic N) is 1. The maximum atomic E-state index is 13.5. The Hall–Kier alpha value is -2.23. The lowest BCUT2D eigenvalue weighted by Gasteiger charge is -2.09. The fourth-order valence-electron chi connectivity index (χ4n) is 1.63. The molecule has 21 heavy (non-hydrogen) atoms. The second kappa shape index (κ2) is 6.04. The molecule has 6 nitrogen and oxygen atoms in total. The quantitative estimate of drug-likeness (QED) is 0.476. The Kier molecular flexibility index (Phi) is 4.36. The van der Waals surface area contributed by atoms with Crippen LogP contribution in [0.15, 0.2) is 36.4 Å². The zero-order valence-corrected chi connectivity index (χ0v) is 12.4. The summed E-state index contributed by atoms with van der Waals surface area (Å²) < 4.78 is 19.4. The number of nitro groups is 1. The molecule has 0 bridgehead atoms. The van der Waals surface area contributed by atoms with Crippen molar-refractivity contribution in [3.8, 4) is 11.5 Å². The zero-order chi connectivity index (χ0) is 15.6. The van der Waals surface area contributed by atoms with Gasteiger partial charge in [0.25, 0.3) is 0 Å². The molecule has 0 fully saturated rings. The Bertz CT molecular complexity index is 734. The monoisotopic (exact) mass is 403 g/mol. The number of rotatable bonds is 4. The van der Waals surface area contributed by atoms with Gasteiger partial charge in [-0.3, -0.25) is 10.1 Å². The highest BCUT2D eigenvalue weighted by Crippen LogP contribution is 2.34. The van der Waals surface area contributed by atoms with Crippen molar-refractivity contribution in [1.82, 2.24) is 0 Å². The molecule has 0 aliphatic rings. The molecule has 0 aliphatic carbocycles. The number of carboxylic acids is 1. The molecule has 0 spiro atoms. The maximum absolute atomic E-state index is 13.5. The molecule has 0 heterocycles. The second-order valence-corrected chi connectivity index (χ2v) is 5.13. The summed E-state index contributed by atoms with van der Waals surface area (Å²) in [6.07, 6.45) is 0. The first kappa shape index (κ1) is 15.2. The average molecular weight is 403 g/mol. The number of hydrogen-bond donors (Lipinski definition) is 1. The van der Waals surface area contributed by atoms with Crippen molar-refractivity contribution in [2.75, 3.05) is 0 Å². The molecular weight excluding hydrogens is 396 g/mol. The van der Waals surface area contributed by atoms with Crippen molar-refractivity contribution in [3.63, 3.8) is 0 Å². The Morgan fingerprint density at radius 2 is 2.00 bits per heavy atom. The number of carboxylic acid groups (broad SMARTS) is 1. The van der Waals surface area contributed by atoms with Crippen molar-refractivity contribution >= 4 is 34.2 Å². The minimum Gasteiger partial charge on any atom is -0.477 e. The Balaban J connectivity index is 2.51. The summed E-state index contributed by atoms with van der Waals surface area (Å²) in [5.41, 5.74) is -1.01. The van der Waals surface area contributed by atoms with Crippen LogP contribution in [0.1, 0.15) is 10.4 Å². The van der Waals surface area contributed by atoms with Crippen LogP contribution in [-0.4, -0.2) is 16.0 Å². The first-order valence-electron chi connectivity index (χ1n) is 5.53. The largest absolute Gasteiger partial charge is 0.477 e. The molecule has 0 saturated carbocycles. The third kappa shape index (κ3) is 3.27. The van der Waals surface area contributed by atoms with Gasteiger partial charge in [0.05, 0.1) is 4.92 Å². The topological polar surface area (TPSA) is 89.7 Å². The van der Waals surface area contributed by atoms with Crippen LogP contribution in [0.25, 0.3) is 0 Å². The van der Waals surface area contributed by atoms with Gasteiger partial charge in [-0.25, -0.2) is 9.18 Å². The van der Waals surface area contributed by atoms with Gasteiger partial charge in [0, 0.05) is 9.64 Å². The third-order valence-electron chi connectivity index (χ3n) is 2.53. The summed E-state index contributed by atoms with van der Waals surface area (Å²) in [4.78, 5) is 21.4. The SMILES string of the molecule is O=C(O)c1c(F)cccc1Oc1ccc(I)cc1[N+](=O)[O-]. The molecular formula is C13H7FINO5. The van der Waals surface area contributed by atoms with E-state index in [1.165, 1.54) is 24.3 Å². The minimum absolute atomic E-state index is 0.159. The Labute approximate surface area is 131 Å². The summed E-state index contributed by atoms with van der Waals surface area (Å²) in [5.74, 6) is -2.95. The van der Waals surface area contributed by atoms with Crippen molar-refractivity contribution in [1.29, 1.82) is 0 Å². The van der Waals surface area contributed by atoms with Crippen LogP contribution in [0.5, 0.6) is 11.5 Å². The molecule has 2 aromatic rings. The van der Waals surface area contributed by atoms with Crippen LogP contribution < -0.4 is 4.74 Å². The van der Waals surface area contributed by atoms with E-state index in [0.29, 0.717) is 3.57 Å². The standard InChI is InChI=1S/C13H7FINO5/c14-8-2-1-3-11(12(8)13(17)18)21-10-5-4-7(15)6-9(10)16(19)20/h1-6H,(H,17,18). The molecule has 0 radical (unpaired) electrons. The lowest BCUT2D eigenvalue weighted by atomic mass is 10.2. The van der Waals surface area contributed by atoms with Gasteiger partial charge in [0.15, 0.2) is 0 Å². The second-order valence-electron chi connectivity index (χ2n) is 3.89. The van der Waals surface area contributed by atoms with E-state index in [1.807, 2.05) is 22.6 Å².